The Labute approximate surface area is 176 Å². The van der Waals surface area contributed by atoms with Gasteiger partial charge in [-0.1, -0.05) is 0 Å². The fourth-order valence-corrected chi connectivity index (χ4v) is 4.70. The average molecular weight is 420 g/mol. The molecule has 0 bridgehead atoms. The molecule has 1 N–H and O–H groups in total. The minimum Gasteiger partial charge on any atom is -0.493 e. The molecule has 1 saturated heterocycles. The minimum atomic E-state index is -0.00921. The summed E-state index contributed by atoms with van der Waals surface area (Å²) in [7, 11) is 4.87. The Morgan fingerprint density at radius 2 is 1.86 bits per heavy atom. The van der Waals surface area contributed by atoms with E-state index in [0.717, 1.165) is 43.0 Å². The van der Waals surface area contributed by atoms with Gasteiger partial charge in [-0.25, -0.2) is 4.98 Å². The number of likely N-dealkylation sites (tertiary alicyclic amines) is 1. The zero-order valence-electron chi connectivity index (χ0n) is 17.4. The van der Waals surface area contributed by atoms with E-state index in [-0.39, 0.29) is 11.9 Å². The predicted molar refractivity (Wildman–Crippen MR) is 113 cm³/mol. The van der Waals surface area contributed by atoms with E-state index in [1.54, 1.807) is 45.8 Å². The summed E-state index contributed by atoms with van der Waals surface area (Å²) < 4.78 is 16.3. The molecule has 0 aliphatic carbocycles. The van der Waals surface area contributed by atoms with E-state index in [4.69, 9.17) is 14.2 Å². The van der Waals surface area contributed by atoms with Gasteiger partial charge in [0, 0.05) is 25.0 Å². The Balaban J connectivity index is 1.66. The number of thiazole rings is 1. The Morgan fingerprint density at radius 3 is 2.34 bits per heavy atom. The molecular formula is C21H29N3O4S. The van der Waals surface area contributed by atoms with E-state index in [2.05, 4.69) is 15.2 Å². The van der Waals surface area contributed by atoms with Crippen LogP contribution in [0.3, 0.4) is 0 Å². The van der Waals surface area contributed by atoms with Gasteiger partial charge in [-0.05, 0) is 49.5 Å². The second-order valence-corrected chi connectivity index (χ2v) is 8.12. The molecule has 2 aromatic rings. The molecule has 1 fully saturated rings. The number of benzene rings is 1. The number of nitrogens with zero attached hydrogens (tertiary/aromatic N) is 2. The number of hydrogen-bond donors (Lipinski definition) is 1. The van der Waals surface area contributed by atoms with Crippen molar-refractivity contribution in [3.63, 3.8) is 0 Å². The molecule has 1 amide bonds. The maximum absolute atomic E-state index is 11.7. The summed E-state index contributed by atoms with van der Waals surface area (Å²) in [6.07, 6.45) is 3.82. The van der Waals surface area contributed by atoms with Gasteiger partial charge in [0.2, 0.25) is 11.7 Å². The Bertz CT molecular complexity index is 779. The smallest absolute Gasteiger partial charge is 0.217 e. The first-order valence-electron chi connectivity index (χ1n) is 9.73. The van der Waals surface area contributed by atoms with Gasteiger partial charge in [0.05, 0.1) is 27.4 Å². The molecule has 1 aromatic carbocycles. The lowest BCUT2D eigenvalue weighted by Gasteiger charge is -2.35. The third kappa shape index (κ3) is 5.19. The molecule has 8 heteroatoms. The largest absolute Gasteiger partial charge is 0.493 e. The number of methoxy groups -OCH3 is 3. The number of aromatic nitrogens is 1. The van der Waals surface area contributed by atoms with Crippen molar-refractivity contribution in [1.82, 2.24) is 15.2 Å². The number of carbonyl (C=O) groups is 1. The number of amides is 1. The van der Waals surface area contributed by atoms with Gasteiger partial charge in [0.1, 0.15) is 5.01 Å². The third-order valence-corrected chi connectivity index (χ3v) is 6.17. The van der Waals surface area contributed by atoms with Crippen LogP contribution in [0.5, 0.6) is 17.2 Å². The van der Waals surface area contributed by atoms with Gasteiger partial charge in [-0.2, -0.15) is 0 Å². The van der Waals surface area contributed by atoms with Crippen LogP contribution in [0, 0.1) is 5.92 Å². The summed E-state index contributed by atoms with van der Waals surface area (Å²) in [5.74, 6) is 2.34. The molecule has 0 spiro atoms. The fourth-order valence-electron chi connectivity index (χ4n) is 3.92. The lowest BCUT2D eigenvalue weighted by atomic mass is 9.89. The first-order chi connectivity index (χ1) is 14.0. The van der Waals surface area contributed by atoms with Crippen LogP contribution in [0.1, 0.15) is 36.4 Å². The quantitative estimate of drug-likeness (QED) is 0.708. The number of nitrogens with one attached hydrogen (secondary N) is 1. The highest BCUT2D eigenvalue weighted by Gasteiger charge is 2.30. The molecule has 0 radical (unpaired) electrons. The summed E-state index contributed by atoms with van der Waals surface area (Å²) in [5, 5.41) is 6.05. The number of ether oxygens (including phenoxy) is 3. The van der Waals surface area contributed by atoms with Crippen LogP contribution in [-0.4, -0.2) is 50.2 Å². The van der Waals surface area contributed by atoms with E-state index in [1.807, 2.05) is 17.5 Å². The van der Waals surface area contributed by atoms with E-state index < -0.39 is 0 Å². The highest BCUT2D eigenvalue weighted by molar-refractivity contribution is 7.09. The van der Waals surface area contributed by atoms with Crippen LogP contribution in [0.2, 0.25) is 0 Å². The van der Waals surface area contributed by atoms with Crippen LogP contribution in [-0.2, 0) is 11.3 Å². The van der Waals surface area contributed by atoms with E-state index >= 15 is 0 Å². The molecule has 1 aromatic heterocycles. The van der Waals surface area contributed by atoms with Crippen LogP contribution < -0.4 is 19.5 Å². The maximum Gasteiger partial charge on any atom is 0.217 e. The second kappa shape index (κ2) is 9.93. The zero-order chi connectivity index (χ0) is 20.8. The number of rotatable bonds is 8. The number of hydrogen-bond acceptors (Lipinski definition) is 7. The topological polar surface area (TPSA) is 72.9 Å². The lowest BCUT2D eigenvalue weighted by molar-refractivity contribution is -0.120. The van der Waals surface area contributed by atoms with Crippen molar-refractivity contribution in [3.8, 4) is 17.2 Å². The van der Waals surface area contributed by atoms with E-state index in [1.165, 1.54) is 0 Å². The van der Waals surface area contributed by atoms with Crippen molar-refractivity contribution in [2.75, 3.05) is 34.4 Å². The Kier molecular flexibility index (Phi) is 7.33. The monoisotopic (exact) mass is 419 g/mol. The molecule has 29 heavy (non-hydrogen) atoms. The molecule has 158 valence electrons. The molecule has 0 saturated carbocycles. The average Bonchev–Trinajstić information content (AvgIpc) is 3.26. The standard InChI is InChI=1S/C21H29N3O4S/c1-14(25)23-19(21-22-7-10-29-21)16-5-8-24(9-6-16)13-15-11-17(26-2)20(28-4)18(12-15)27-3/h7,10-12,16,19H,5-6,8-9,13H2,1-4H3,(H,23,25)/t19-/m0/s1. The molecular weight excluding hydrogens is 390 g/mol. The molecule has 3 rings (SSSR count). The van der Waals surface area contributed by atoms with Crippen molar-refractivity contribution in [3.05, 3.63) is 34.3 Å². The lowest BCUT2D eigenvalue weighted by Crippen LogP contribution is -2.40. The number of carbonyl (C=O) groups excluding carboxylic acids is 1. The predicted octanol–water partition coefficient (Wildman–Crippen LogP) is 3.26. The number of piperidine rings is 1. The summed E-state index contributed by atoms with van der Waals surface area (Å²) in [4.78, 5) is 18.5. The van der Waals surface area contributed by atoms with Crippen LogP contribution in [0.15, 0.2) is 23.7 Å². The zero-order valence-corrected chi connectivity index (χ0v) is 18.3. The highest BCUT2D eigenvalue weighted by atomic mass is 32.1. The van der Waals surface area contributed by atoms with Crippen molar-refractivity contribution in [1.29, 1.82) is 0 Å². The summed E-state index contributed by atoms with van der Waals surface area (Å²) >= 11 is 1.60. The third-order valence-electron chi connectivity index (χ3n) is 5.31. The molecule has 2 heterocycles. The van der Waals surface area contributed by atoms with Crippen molar-refractivity contribution in [2.24, 2.45) is 5.92 Å². The van der Waals surface area contributed by atoms with E-state index in [9.17, 15) is 4.79 Å². The molecule has 1 atom stereocenters. The summed E-state index contributed by atoms with van der Waals surface area (Å²) in [6.45, 7) is 4.30. The van der Waals surface area contributed by atoms with Gasteiger partial charge in [0.15, 0.2) is 11.5 Å². The van der Waals surface area contributed by atoms with Crippen LogP contribution in [0.25, 0.3) is 0 Å². The van der Waals surface area contributed by atoms with Crippen molar-refractivity contribution in [2.45, 2.75) is 32.4 Å². The van der Waals surface area contributed by atoms with Gasteiger partial charge >= 0.3 is 0 Å². The first-order valence-corrected chi connectivity index (χ1v) is 10.6. The van der Waals surface area contributed by atoms with Gasteiger partial charge in [-0.3, -0.25) is 9.69 Å². The fraction of sp³-hybridized carbons (Fsp3) is 0.524. The van der Waals surface area contributed by atoms with Gasteiger partial charge in [-0.15, -0.1) is 11.3 Å². The Morgan fingerprint density at radius 1 is 1.21 bits per heavy atom. The minimum absolute atomic E-state index is 0.00387. The normalized spacial score (nSPS) is 16.3. The van der Waals surface area contributed by atoms with Crippen molar-refractivity contribution < 1.29 is 19.0 Å². The highest BCUT2D eigenvalue weighted by Crippen LogP contribution is 2.39. The van der Waals surface area contributed by atoms with Crippen LogP contribution >= 0.6 is 11.3 Å². The molecule has 0 unspecified atom stereocenters. The molecule has 1 aliphatic rings. The second-order valence-electron chi connectivity index (χ2n) is 7.20. The van der Waals surface area contributed by atoms with Crippen molar-refractivity contribution >= 4 is 17.2 Å². The summed E-state index contributed by atoms with van der Waals surface area (Å²) in [5.41, 5.74) is 1.12. The van der Waals surface area contributed by atoms with Crippen LogP contribution in [0.4, 0.5) is 0 Å². The van der Waals surface area contributed by atoms with Gasteiger partial charge in [0.25, 0.3) is 0 Å². The Hall–Kier alpha value is -2.32. The maximum atomic E-state index is 11.7. The van der Waals surface area contributed by atoms with Gasteiger partial charge < -0.3 is 19.5 Å². The SMILES string of the molecule is COc1cc(CN2CCC([C@H](NC(C)=O)c3nccs3)CC2)cc(OC)c1OC. The molecule has 1 aliphatic heterocycles. The van der Waals surface area contributed by atoms with E-state index in [0.29, 0.717) is 23.2 Å². The first kappa shape index (κ1) is 21.4. The molecule has 7 nitrogen and oxygen atoms in total. The summed E-state index contributed by atoms with van der Waals surface area (Å²) in [6, 6.07) is 4.00.